The van der Waals surface area contributed by atoms with Gasteiger partial charge in [-0.15, -0.1) is 0 Å². The number of piperazine rings is 1. The Hall–Kier alpha value is -0.120. The Bertz CT molecular complexity index is 232. The third kappa shape index (κ3) is 5.41. The van der Waals surface area contributed by atoms with Crippen molar-refractivity contribution in [1.82, 2.24) is 14.7 Å². The minimum Gasteiger partial charge on any atom is -0.304 e. The van der Waals surface area contributed by atoms with Crippen LogP contribution in [-0.4, -0.2) is 72.6 Å². The smallest absolute Gasteiger partial charge is 0.0113 e. The SMILES string of the molecule is CCC(CCN(C)C(C)C)N1CCN(C(C)C)CC1. The van der Waals surface area contributed by atoms with Gasteiger partial charge in [0.15, 0.2) is 0 Å². The first kappa shape index (κ1) is 16.9. The van der Waals surface area contributed by atoms with Crippen LogP contribution in [0, 0.1) is 0 Å². The maximum Gasteiger partial charge on any atom is 0.0113 e. The zero-order valence-electron chi connectivity index (χ0n) is 14.0. The molecule has 1 aliphatic rings. The van der Waals surface area contributed by atoms with E-state index in [1.54, 1.807) is 0 Å². The molecule has 1 saturated heterocycles. The standard InChI is InChI=1S/C16H35N3/c1-7-16(8-9-17(6)14(2)3)19-12-10-18(11-13-19)15(4)5/h14-16H,7-13H2,1-6H3. The normalized spacial score (nSPS) is 20.7. The van der Waals surface area contributed by atoms with Crippen LogP contribution in [0.5, 0.6) is 0 Å². The van der Waals surface area contributed by atoms with E-state index in [2.05, 4.69) is 56.4 Å². The largest absolute Gasteiger partial charge is 0.304 e. The Morgan fingerprint density at radius 1 is 0.947 bits per heavy atom. The summed E-state index contributed by atoms with van der Waals surface area (Å²) in [5.41, 5.74) is 0. The number of nitrogens with zero attached hydrogens (tertiary/aromatic N) is 3. The van der Waals surface area contributed by atoms with Crippen LogP contribution in [-0.2, 0) is 0 Å². The van der Waals surface area contributed by atoms with Gasteiger partial charge in [0.05, 0.1) is 0 Å². The molecule has 114 valence electrons. The van der Waals surface area contributed by atoms with Gasteiger partial charge in [0.2, 0.25) is 0 Å². The molecule has 1 aliphatic heterocycles. The molecule has 0 saturated carbocycles. The minimum absolute atomic E-state index is 0.662. The molecule has 0 aromatic rings. The lowest BCUT2D eigenvalue weighted by atomic mass is 10.1. The number of rotatable bonds is 7. The maximum atomic E-state index is 2.72. The molecule has 0 amide bonds. The molecule has 3 heteroatoms. The molecular formula is C16H35N3. The summed E-state index contributed by atoms with van der Waals surface area (Å²) < 4.78 is 0. The fourth-order valence-electron chi connectivity index (χ4n) is 2.87. The molecule has 1 unspecified atom stereocenters. The number of hydrogen-bond acceptors (Lipinski definition) is 3. The molecule has 0 aliphatic carbocycles. The van der Waals surface area contributed by atoms with Crippen molar-refractivity contribution in [2.45, 2.75) is 65.6 Å². The fraction of sp³-hybridized carbons (Fsp3) is 1.00. The van der Waals surface area contributed by atoms with Gasteiger partial charge < -0.3 is 4.90 Å². The highest BCUT2D eigenvalue weighted by Crippen LogP contribution is 2.14. The molecule has 0 N–H and O–H groups in total. The van der Waals surface area contributed by atoms with E-state index in [1.807, 2.05) is 0 Å². The van der Waals surface area contributed by atoms with E-state index in [0.29, 0.717) is 12.1 Å². The summed E-state index contributed by atoms with van der Waals surface area (Å²) in [7, 11) is 2.24. The van der Waals surface area contributed by atoms with Gasteiger partial charge >= 0.3 is 0 Å². The van der Waals surface area contributed by atoms with Crippen LogP contribution in [0.15, 0.2) is 0 Å². The van der Waals surface area contributed by atoms with E-state index < -0.39 is 0 Å². The Morgan fingerprint density at radius 3 is 1.89 bits per heavy atom. The summed E-state index contributed by atoms with van der Waals surface area (Å²) in [5, 5.41) is 0. The van der Waals surface area contributed by atoms with Crippen molar-refractivity contribution in [2.75, 3.05) is 39.8 Å². The van der Waals surface area contributed by atoms with Gasteiger partial charge in [-0.3, -0.25) is 9.80 Å². The van der Waals surface area contributed by atoms with Crippen LogP contribution >= 0.6 is 0 Å². The third-order valence-corrected chi connectivity index (χ3v) is 4.76. The molecule has 3 nitrogen and oxygen atoms in total. The summed E-state index contributed by atoms with van der Waals surface area (Å²) >= 11 is 0. The van der Waals surface area contributed by atoms with Crippen molar-refractivity contribution < 1.29 is 0 Å². The second-order valence-corrected chi connectivity index (χ2v) is 6.59. The van der Waals surface area contributed by atoms with Gasteiger partial charge in [-0.1, -0.05) is 6.92 Å². The minimum atomic E-state index is 0.662. The van der Waals surface area contributed by atoms with Crippen LogP contribution in [0.4, 0.5) is 0 Å². The van der Waals surface area contributed by atoms with Crippen LogP contribution in [0.25, 0.3) is 0 Å². The molecule has 1 rings (SSSR count). The second kappa shape index (κ2) is 8.23. The van der Waals surface area contributed by atoms with Gasteiger partial charge in [0.1, 0.15) is 0 Å². The first-order chi connectivity index (χ1) is 8.95. The first-order valence-electron chi connectivity index (χ1n) is 8.14. The molecule has 0 radical (unpaired) electrons. The Morgan fingerprint density at radius 2 is 1.47 bits per heavy atom. The van der Waals surface area contributed by atoms with Crippen molar-refractivity contribution in [3.63, 3.8) is 0 Å². The molecule has 1 heterocycles. The van der Waals surface area contributed by atoms with E-state index in [0.717, 1.165) is 6.04 Å². The predicted molar refractivity (Wildman–Crippen MR) is 84.7 cm³/mol. The van der Waals surface area contributed by atoms with Gasteiger partial charge in [0, 0.05) is 44.3 Å². The highest BCUT2D eigenvalue weighted by Gasteiger charge is 2.23. The van der Waals surface area contributed by atoms with Crippen LogP contribution < -0.4 is 0 Å². The quantitative estimate of drug-likeness (QED) is 0.703. The van der Waals surface area contributed by atoms with Crippen molar-refractivity contribution >= 4 is 0 Å². The topological polar surface area (TPSA) is 9.72 Å². The molecule has 19 heavy (non-hydrogen) atoms. The second-order valence-electron chi connectivity index (χ2n) is 6.59. The van der Waals surface area contributed by atoms with Crippen molar-refractivity contribution in [3.8, 4) is 0 Å². The van der Waals surface area contributed by atoms with E-state index in [9.17, 15) is 0 Å². The summed E-state index contributed by atoms with van der Waals surface area (Å²) in [5.74, 6) is 0. The van der Waals surface area contributed by atoms with Gasteiger partial charge in [-0.25, -0.2) is 0 Å². The molecule has 0 aromatic carbocycles. The lowest BCUT2D eigenvalue weighted by Crippen LogP contribution is -2.52. The molecule has 1 atom stereocenters. The van der Waals surface area contributed by atoms with Crippen LogP contribution in [0.1, 0.15) is 47.5 Å². The molecule has 1 fully saturated rings. The molecule has 0 bridgehead atoms. The van der Waals surface area contributed by atoms with Crippen molar-refractivity contribution in [2.24, 2.45) is 0 Å². The highest BCUT2D eigenvalue weighted by atomic mass is 15.3. The Balaban J connectivity index is 2.36. The molecule has 0 aromatic heterocycles. The monoisotopic (exact) mass is 269 g/mol. The van der Waals surface area contributed by atoms with E-state index in [4.69, 9.17) is 0 Å². The third-order valence-electron chi connectivity index (χ3n) is 4.76. The lowest BCUT2D eigenvalue weighted by molar-refractivity contribution is 0.0687. The zero-order chi connectivity index (χ0) is 14.4. The maximum absolute atomic E-state index is 2.72. The van der Waals surface area contributed by atoms with E-state index in [-0.39, 0.29) is 0 Å². The first-order valence-corrected chi connectivity index (χ1v) is 8.14. The van der Waals surface area contributed by atoms with E-state index >= 15 is 0 Å². The molecular weight excluding hydrogens is 234 g/mol. The Kier molecular flexibility index (Phi) is 7.33. The van der Waals surface area contributed by atoms with Crippen molar-refractivity contribution in [1.29, 1.82) is 0 Å². The zero-order valence-corrected chi connectivity index (χ0v) is 14.0. The van der Waals surface area contributed by atoms with Gasteiger partial charge in [-0.2, -0.15) is 0 Å². The summed E-state index contributed by atoms with van der Waals surface area (Å²) in [6, 6.07) is 2.14. The summed E-state index contributed by atoms with van der Waals surface area (Å²) in [6.45, 7) is 17.7. The average Bonchev–Trinajstić information content (AvgIpc) is 2.39. The number of hydrogen-bond donors (Lipinski definition) is 0. The summed E-state index contributed by atoms with van der Waals surface area (Å²) in [6.07, 6.45) is 2.60. The fourth-order valence-corrected chi connectivity index (χ4v) is 2.87. The van der Waals surface area contributed by atoms with Crippen molar-refractivity contribution in [3.05, 3.63) is 0 Å². The highest BCUT2D eigenvalue weighted by molar-refractivity contribution is 4.80. The van der Waals surface area contributed by atoms with Gasteiger partial charge in [0.25, 0.3) is 0 Å². The van der Waals surface area contributed by atoms with Crippen LogP contribution in [0.3, 0.4) is 0 Å². The average molecular weight is 269 g/mol. The van der Waals surface area contributed by atoms with E-state index in [1.165, 1.54) is 45.6 Å². The predicted octanol–water partition coefficient (Wildman–Crippen LogP) is 2.52. The van der Waals surface area contributed by atoms with Crippen LogP contribution in [0.2, 0.25) is 0 Å². The molecule has 0 spiro atoms. The van der Waals surface area contributed by atoms with Gasteiger partial charge in [-0.05, 0) is 54.1 Å². The lowest BCUT2D eigenvalue weighted by Gasteiger charge is -2.41. The summed E-state index contributed by atoms with van der Waals surface area (Å²) in [4.78, 5) is 7.78. The Labute approximate surface area is 120 Å².